The normalized spacial score (nSPS) is 25.1. The first kappa shape index (κ1) is 25.2. The van der Waals surface area contributed by atoms with Gasteiger partial charge in [-0.1, -0.05) is 18.2 Å². The number of carbonyl (C=O) groups excluding carboxylic acids is 3. The van der Waals surface area contributed by atoms with E-state index >= 15 is 0 Å². The lowest BCUT2D eigenvalue weighted by atomic mass is 9.96. The number of nitrogens with zero attached hydrogens (tertiary/aromatic N) is 3. The number of nitrogens with one attached hydrogen (secondary N) is 1. The van der Waals surface area contributed by atoms with Crippen molar-refractivity contribution in [3.63, 3.8) is 0 Å². The molecule has 0 bridgehead atoms. The Morgan fingerprint density at radius 2 is 1.98 bits per heavy atom. The Bertz CT molecular complexity index is 1510. The highest BCUT2D eigenvalue weighted by Crippen LogP contribution is 2.32. The standard InChI is InChI=1S/C31H32N4O5.H2/c36-29-6-5-28(30(37)33-29)35-15-23-13-25(3-4-27(23)31(35)38)40-26-7-9-34(17-26)16-24-12-22-11-19(21-8-10-39-18-21)1-2-20(22)14-32-24;/h1-4,11-14,21,26,28H,5-10,15-18H2,(H,33,36,37);1H/t21-,26-,28?;/m0./s1. The number of aromatic nitrogens is 1. The van der Waals surface area contributed by atoms with Gasteiger partial charge in [-0.15, -0.1) is 0 Å². The maximum atomic E-state index is 13.0. The third-order valence-electron chi connectivity index (χ3n) is 8.62. The minimum Gasteiger partial charge on any atom is -0.489 e. The molecule has 0 spiro atoms. The summed E-state index contributed by atoms with van der Waals surface area (Å²) in [6.07, 6.45) is 4.61. The summed E-state index contributed by atoms with van der Waals surface area (Å²) in [5.74, 6) is 0.359. The Balaban J connectivity index is 0.00000302. The molecule has 2 aromatic carbocycles. The van der Waals surface area contributed by atoms with Crippen LogP contribution in [0.25, 0.3) is 10.8 Å². The first-order valence-corrected chi connectivity index (χ1v) is 14.1. The van der Waals surface area contributed by atoms with Crippen LogP contribution >= 0.6 is 0 Å². The second-order valence-corrected chi connectivity index (χ2v) is 11.3. The van der Waals surface area contributed by atoms with Crippen molar-refractivity contribution in [3.05, 3.63) is 71.0 Å². The number of pyridine rings is 1. The number of benzene rings is 2. The molecule has 1 aromatic heterocycles. The first-order valence-electron chi connectivity index (χ1n) is 14.1. The van der Waals surface area contributed by atoms with Crippen molar-refractivity contribution in [2.24, 2.45) is 0 Å². The molecule has 3 aromatic rings. The van der Waals surface area contributed by atoms with Crippen LogP contribution in [0.4, 0.5) is 0 Å². The van der Waals surface area contributed by atoms with Crippen LogP contribution in [-0.4, -0.2) is 71.0 Å². The molecule has 0 aliphatic carbocycles. The predicted octanol–water partition coefficient (Wildman–Crippen LogP) is 3.40. The van der Waals surface area contributed by atoms with E-state index in [1.807, 2.05) is 18.3 Å². The lowest BCUT2D eigenvalue weighted by molar-refractivity contribution is -0.136. The molecule has 3 atom stereocenters. The Kier molecular flexibility index (Phi) is 6.48. The second kappa shape index (κ2) is 10.3. The fourth-order valence-corrected chi connectivity index (χ4v) is 6.43. The van der Waals surface area contributed by atoms with Gasteiger partial charge >= 0.3 is 0 Å². The van der Waals surface area contributed by atoms with Gasteiger partial charge in [-0.25, -0.2) is 0 Å². The topological polar surface area (TPSA) is 101 Å². The van der Waals surface area contributed by atoms with Gasteiger partial charge in [0.2, 0.25) is 11.8 Å². The number of piperidine rings is 1. The molecule has 0 radical (unpaired) electrons. The molecule has 40 heavy (non-hydrogen) atoms. The summed E-state index contributed by atoms with van der Waals surface area (Å²) in [6, 6.07) is 13.8. The number of likely N-dealkylation sites (tertiary alicyclic amines) is 1. The molecule has 7 rings (SSSR count). The third-order valence-corrected chi connectivity index (χ3v) is 8.62. The number of hydrogen-bond acceptors (Lipinski definition) is 7. The molecule has 3 saturated heterocycles. The number of imide groups is 1. The lowest BCUT2D eigenvalue weighted by Crippen LogP contribution is -2.52. The van der Waals surface area contributed by atoms with Crippen LogP contribution in [0, 0.1) is 0 Å². The smallest absolute Gasteiger partial charge is 0.255 e. The summed E-state index contributed by atoms with van der Waals surface area (Å²) in [5.41, 5.74) is 3.84. The number of hydrogen-bond donors (Lipinski definition) is 1. The van der Waals surface area contributed by atoms with Crippen molar-refractivity contribution in [2.45, 2.75) is 56.8 Å². The highest BCUT2D eigenvalue weighted by molar-refractivity contribution is 6.05. The Labute approximate surface area is 233 Å². The molecule has 5 heterocycles. The van der Waals surface area contributed by atoms with Crippen LogP contribution in [0.2, 0.25) is 0 Å². The first-order chi connectivity index (χ1) is 19.5. The third kappa shape index (κ3) is 4.84. The van der Waals surface area contributed by atoms with Crippen molar-refractivity contribution in [3.8, 4) is 5.75 Å². The average molecular weight is 543 g/mol. The van der Waals surface area contributed by atoms with Crippen LogP contribution in [0.1, 0.15) is 60.2 Å². The number of ether oxygens (including phenoxy) is 2. The monoisotopic (exact) mass is 542 g/mol. The fourth-order valence-electron chi connectivity index (χ4n) is 6.43. The van der Waals surface area contributed by atoms with Gasteiger partial charge < -0.3 is 14.4 Å². The Morgan fingerprint density at radius 3 is 2.83 bits per heavy atom. The van der Waals surface area contributed by atoms with E-state index in [4.69, 9.17) is 14.5 Å². The van der Waals surface area contributed by atoms with Gasteiger partial charge in [-0.3, -0.25) is 29.6 Å². The molecule has 1 unspecified atom stereocenters. The molecular formula is C31H34N4O5. The fraction of sp³-hybridized carbons (Fsp3) is 0.419. The molecule has 208 valence electrons. The van der Waals surface area contributed by atoms with E-state index in [0.29, 0.717) is 24.4 Å². The zero-order valence-electron chi connectivity index (χ0n) is 22.3. The van der Waals surface area contributed by atoms with Crippen LogP contribution in [0.15, 0.2) is 48.7 Å². The van der Waals surface area contributed by atoms with Crippen molar-refractivity contribution in [1.82, 2.24) is 20.1 Å². The van der Waals surface area contributed by atoms with Crippen LogP contribution in [0.5, 0.6) is 5.75 Å². The molecular weight excluding hydrogens is 508 g/mol. The Morgan fingerprint density at radius 1 is 1.05 bits per heavy atom. The van der Waals surface area contributed by atoms with Gasteiger partial charge in [-0.05, 0) is 60.0 Å². The van der Waals surface area contributed by atoms with Gasteiger partial charge in [-0.2, -0.15) is 0 Å². The van der Waals surface area contributed by atoms with Gasteiger partial charge in [0, 0.05) is 63.7 Å². The van der Waals surface area contributed by atoms with Crippen molar-refractivity contribution < 1.29 is 25.3 Å². The average Bonchev–Trinajstić information content (AvgIpc) is 3.70. The number of amides is 3. The summed E-state index contributed by atoms with van der Waals surface area (Å²) in [6.45, 7) is 4.49. The zero-order chi connectivity index (χ0) is 27.2. The summed E-state index contributed by atoms with van der Waals surface area (Å²) in [5, 5.41) is 4.72. The van der Waals surface area contributed by atoms with E-state index in [2.05, 4.69) is 34.5 Å². The summed E-state index contributed by atoms with van der Waals surface area (Å²) in [7, 11) is 0. The van der Waals surface area contributed by atoms with E-state index in [-0.39, 0.29) is 25.8 Å². The number of carbonyl (C=O) groups is 3. The quantitative estimate of drug-likeness (QED) is 0.477. The maximum Gasteiger partial charge on any atom is 0.255 e. The lowest BCUT2D eigenvalue weighted by Gasteiger charge is -2.29. The zero-order valence-corrected chi connectivity index (χ0v) is 22.3. The van der Waals surface area contributed by atoms with Crippen molar-refractivity contribution in [2.75, 3.05) is 26.3 Å². The molecule has 9 nitrogen and oxygen atoms in total. The number of rotatable bonds is 6. The molecule has 9 heteroatoms. The molecule has 3 amide bonds. The maximum absolute atomic E-state index is 13.0. The van der Waals surface area contributed by atoms with Crippen LogP contribution in [0.3, 0.4) is 0 Å². The molecule has 3 fully saturated rings. The number of fused-ring (bicyclic) bond motifs is 2. The van der Waals surface area contributed by atoms with E-state index < -0.39 is 11.9 Å². The van der Waals surface area contributed by atoms with Crippen LogP contribution < -0.4 is 10.1 Å². The van der Waals surface area contributed by atoms with Gasteiger partial charge in [0.15, 0.2) is 0 Å². The van der Waals surface area contributed by atoms with E-state index in [1.165, 1.54) is 10.9 Å². The second-order valence-electron chi connectivity index (χ2n) is 11.3. The van der Waals surface area contributed by atoms with Gasteiger partial charge in [0.1, 0.15) is 17.9 Å². The largest absolute Gasteiger partial charge is 0.489 e. The summed E-state index contributed by atoms with van der Waals surface area (Å²) < 4.78 is 11.9. The van der Waals surface area contributed by atoms with Crippen molar-refractivity contribution in [1.29, 1.82) is 0 Å². The summed E-state index contributed by atoms with van der Waals surface area (Å²) >= 11 is 0. The SMILES string of the molecule is O=C1CCC(N2Cc3cc(O[C@H]4CCN(Cc5cc6cc([C@H]7CCOC7)ccc6cn5)C4)ccc3C2=O)C(=O)N1.[HH]. The highest BCUT2D eigenvalue weighted by atomic mass is 16.5. The van der Waals surface area contributed by atoms with Gasteiger partial charge in [0.05, 0.1) is 12.3 Å². The van der Waals surface area contributed by atoms with Crippen molar-refractivity contribution >= 4 is 28.5 Å². The van der Waals surface area contributed by atoms with E-state index in [9.17, 15) is 14.4 Å². The molecule has 4 aliphatic heterocycles. The Hall–Kier alpha value is -3.82. The van der Waals surface area contributed by atoms with Crippen LogP contribution in [-0.2, 0) is 27.4 Å². The highest BCUT2D eigenvalue weighted by Gasteiger charge is 2.39. The molecule has 1 N–H and O–H groups in total. The van der Waals surface area contributed by atoms with Gasteiger partial charge in [0.25, 0.3) is 5.91 Å². The molecule has 4 aliphatic rings. The van der Waals surface area contributed by atoms with E-state index in [1.54, 1.807) is 11.0 Å². The molecule has 0 saturated carbocycles. The minimum absolute atomic E-state index is 0. The minimum atomic E-state index is -0.614. The van der Waals surface area contributed by atoms with E-state index in [0.717, 1.165) is 68.1 Å². The summed E-state index contributed by atoms with van der Waals surface area (Å²) in [4.78, 5) is 45.4. The predicted molar refractivity (Wildman–Crippen MR) is 149 cm³/mol.